The molecule has 1 nitrogen and oxygen atoms in total. The van der Waals surface area contributed by atoms with Crippen LogP contribution in [0.1, 0.15) is 24.8 Å². The topological polar surface area (TPSA) is 12.0 Å². The highest BCUT2D eigenvalue weighted by atomic mass is 32.2. The van der Waals surface area contributed by atoms with Crippen molar-refractivity contribution >= 4 is 34.3 Å². The van der Waals surface area contributed by atoms with Crippen LogP contribution >= 0.6 is 23.5 Å². The molecule has 1 fully saturated rings. The van der Waals surface area contributed by atoms with Crippen LogP contribution in [0.25, 0.3) is 10.8 Å². The van der Waals surface area contributed by atoms with E-state index in [1.807, 2.05) is 0 Å². The molecule has 0 spiro atoms. The zero-order chi connectivity index (χ0) is 16.5. The molecule has 1 heterocycles. The maximum atomic E-state index is 3.45. The first-order valence-electron chi connectivity index (χ1n) is 8.80. The van der Waals surface area contributed by atoms with Crippen molar-refractivity contribution in [1.82, 2.24) is 5.32 Å². The fourth-order valence-electron chi connectivity index (χ4n) is 2.93. The van der Waals surface area contributed by atoms with Crippen molar-refractivity contribution in [2.45, 2.75) is 30.3 Å². The Balaban J connectivity index is 1.34. The molecule has 1 saturated heterocycles. The Morgan fingerprint density at radius 3 is 2.75 bits per heavy atom. The van der Waals surface area contributed by atoms with Gasteiger partial charge in [0.1, 0.15) is 0 Å². The van der Waals surface area contributed by atoms with E-state index in [-0.39, 0.29) is 0 Å². The van der Waals surface area contributed by atoms with Gasteiger partial charge in [-0.15, -0.1) is 29.4 Å². The van der Waals surface area contributed by atoms with Crippen molar-refractivity contribution in [2.75, 3.05) is 24.6 Å². The lowest BCUT2D eigenvalue weighted by Crippen LogP contribution is -2.17. The summed E-state index contributed by atoms with van der Waals surface area (Å²) in [6.45, 7) is 1.78. The van der Waals surface area contributed by atoms with Gasteiger partial charge in [0.15, 0.2) is 0 Å². The predicted molar refractivity (Wildman–Crippen MR) is 111 cm³/mol. The van der Waals surface area contributed by atoms with Gasteiger partial charge in [-0.1, -0.05) is 48.4 Å². The predicted octanol–water partition coefficient (Wildman–Crippen LogP) is 4.95. The van der Waals surface area contributed by atoms with Crippen LogP contribution in [0.15, 0.2) is 42.5 Å². The van der Waals surface area contributed by atoms with Crippen LogP contribution in [0.4, 0.5) is 0 Å². The number of thioether (sulfide) groups is 2. The van der Waals surface area contributed by atoms with E-state index in [9.17, 15) is 0 Å². The second-order valence-electron chi connectivity index (χ2n) is 5.98. The third-order valence-electron chi connectivity index (χ3n) is 4.19. The number of hydrogen-bond donors (Lipinski definition) is 1. The summed E-state index contributed by atoms with van der Waals surface area (Å²) < 4.78 is 0.785. The molecule has 3 heteroatoms. The van der Waals surface area contributed by atoms with Crippen LogP contribution < -0.4 is 5.32 Å². The molecule has 0 aliphatic carbocycles. The van der Waals surface area contributed by atoms with Gasteiger partial charge in [0.25, 0.3) is 0 Å². The van der Waals surface area contributed by atoms with Crippen LogP contribution in [-0.4, -0.2) is 29.2 Å². The molecule has 0 bridgehead atoms. The molecule has 0 aromatic heterocycles. The van der Waals surface area contributed by atoms with Crippen molar-refractivity contribution in [3.8, 4) is 11.8 Å². The molecule has 1 N–H and O–H groups in total. The Morgan fingerprint density at radius 2 is 1.83 bits per heavy atom. The van der Waals surface area contributed by atoms with E-state index in [0.29, 0.717) is 0 Å². The number of benzene rings is 2. The minimum atomic E-state index is 0.785. The normalized spacial score (nSPS) is 15.2. The zero-order valence-electron chi connectivity index (χ0n) is 14.1. The number of rotatable bonds is 6. The summed E-state index contributed by atoms with van der Waals surface area (Å²) >= 11 is 4.23. The number of nitrogens with one attached hydrogen (secondary N) is 1. The summed E-state index contributed by atoms with van der Waals surface area (Å²) in [5.74, 6) is 9.26. The molecule has 1 aliphatic heterocycles. The average molecular weight is 356 g/mol. The summed E-state index contributed by atoms with van der Waals surface area (Å²) in [4.78, 5) is 0. The van der Waals surface area contributed by atoms with Crippen LogP contribution in [0.3, 0.4) is 0 Å². The Bertz CT molecular complexity index is 690. The maximum absolute atomic E-state index is 3.45. The molecular weight excluding hydrogens is 330 g/mol. The monoisotopic (exact) mass is 355 g/mol. The highest BCUT2D eigenvalue weighted by Gasteiger charge is 2.12. The fraction of sp³-hybridized carbons (Fsp3) is 0.429. The maximum Gasteiger partial charge on any atom is 0.0576 e. The zero-order valence-corrected chi connectivity index (χ0v) is 15.7. The van der Waals surface area contributed by atoms with Crippen LogP contribution in [0, 0.1) is 11.8 Å². The molecule has 2 aromatic rings. The third kappa shape index (κ3) is 5.48. The van der Waals surface area contributed by atoms with Crippen molar-refractivity contribution in [3.63, 3.8) is 0 Å². The summed E-state index contributed by atoms with van der Waals surface area (Å²) in [6, 6.07) is 15.2. The molecule has 0 radical (unpaired) electrons. The lowest BCUT2D eigenvalue weighted by Gasteiger charge is -2.19. The van der Waals surface area contributed by atoms with Crippen LogP contribution in [0.2, 0.25) is 0 Å². The van der Waals surface area contributed by atoms with Crippen LogP contribution in [0.5, 0.6) is 0 Å². The lowest BCUT2D eigenvalue weighted by atomic mass is 10.0. The molecule has 0 atom stereocenters. The van der Waals surface area contributed by atoms with E-state index in [0.717, 1.165) is 30.5 Å². The smallest absolute Gasteiger partial charge is 0.0576 e. The fourth-order valence-corrected chi connectivity index (χ4v) is 5.79. The average Bonchev–Trinajstić information content (AvgIpc) is 2.65. The quantitative estimate of drug-likeness (QED) is 0.581. The van der Waals surface area contributed by atoms with E-state index >= 15 is 0 Å². The van der Waals surface area contributed by atoms with E-state index < -0.39 is 0 Å². The molecular formula is C21H25NS2. The first-order valence-corrected chi connectivity index (χ1v) is 10.9. The Kier molecular flexibility index (Phi) is 7.41. The standard InChI is InChI=1S/C21H25NS2/c1(2-12-21-23-16-7-17-24-21)5-14-22-15-13-19-10-6-9-18-8-3-4-11-20(18)19/h3-4,6,8-11,21-22H,2,7,12-17H2. The second-order valence-corrected chi connectivity index (χ2v) is 8.90. The molecule has 1 aliphatic rings. The molecule has 0 unspecified atom stereocenters. The van der Waals surface area contributed by atoms with Gasteiger partial charge >= 0.3 is 0 Å². The van der Waals surface area contributed by atoms with Gasteiger partial charge in [-0.25, -0.2) is 0 Å². The van der Waals surface area contributed by atoms with E-state index in [1.165, 1.54) is 40.7 Å². The van der Waals surface area contributed by atoms with Gasteiger partial charge in [0.2, 0.25) is 0 Å². The minimum Gasteiger partial charge on any atom is -0.306 e. The van der Waals surface area contributed by atoms with E-state index in [4.69, 9.17) is 0 Å². The molecule has 2 aromatic carbocycles. The van der Waals surface area contributed by atoms with E-state index in [2.05, 4.69) is 83.1 Å². The molecule has 0 amide bonds. The Hall–Kier alpha value is -1.08. The van der Waals surface area contributed by atoms with Crippen molar-refractivity contribution in [2.24, 2.45) is 0 Å². The molecule has 24 heavy (non-hydrogen) atoms. The van der Waals surface area contributed by atoms with Crippen molar-refractivity contribution in [1.29, 1.82) is 0 Å². The van der Waals surface area contributed by atoms with Gasteiger partial charge in [-0.2, -0.15) is 0 Å². The first-order chi connectivity index (χ1) is 11.9. The van der Waals surface area contributed by atoms with Crippen molar-refractivity contribution < 1.29 is 0 Å². The highest BCUT2D eigenvalue weighted by molar-refractivity contribution is 8.17. The molecule has 126 valence electrons. The number of fused-ring (bicyclic) bond motifs is 1. The Morgan fingerprint density at radius 1 is 1.00 bits per heavy atom. The van der Waals surface area contributed by atoms with Gasteiger partial charge in [0, 0.05) is 13.0 Å². The Labute approximate surface area is 154 Å². The minimum absolute atomic E-state index is 0.785. The molecule has 3 rings (SSSR count). The third-order valence-corrected chi connectivity index (χ3v) is 7.27. The molecule has 0 saturated carbocycles. The second kappa shape index (κ2) is 10.0. The van der Waals surface area contributed by atoms with Gasteiger partial charge in [0.05, 0.1) is 11.1 Å². The van der Waals surface area contributed by atoms with Crippen molar-refractivity contribution in [3.05, 3.63) is 48.0 Å². The number of hydrogen-bond acceptors (Lipinski definition) is 3. The van der Waals surface area contributed by atoms with Gasteiger partial charge in [-0.3, -0.25) is 0 Å². The summed E-state index contributed by atoms with van der Waals surface area (Å²) in [7, 11) is 0. The van der Waals surface area contributed by atoms with E-state index in [1.54, 1.807) is 0 Å². The van der Waals surface area contributed by atoms with Crippen LogP contribution in [-0.2, 0) is 6.42 Å². The first kappa shape index (κ1) is 17.7. The summed E-state index contributed by atoms with van der Waals surface area (Å²) in [5, 5.41) is 6.15. The summed E-state index contributed by atoms with van der Waals surface area (Å²) in [5.41, 5.74) is 1.42. The SMILES string of the molecule is C(#CCNCCc1cccc2ccccc12)CCC1SCCCS1. The lowest BCUT2D eigenvalue weighted by molar-refractivity contribution is 0.755. The van der Waals surface area contributed by atoms with Gasteiger partial charge < -0.3 is 5.32 Å². The summed E-state index contributed by atoms with van der Waals surface area (Å²) in [6.07, 6.45) is 4.70. The highest BCUT2D eigenvalue weighted by Crippen LogP contribution is 2.33. The van der Waals surface area contributed by atoms with Gasteiger partial charge in [-0.05, 0) is 47.1 Å². The largest absolute Gasteiger partial charge is 0.306 e.